The first-order valence-corrected chi connectivity index (χ1v) is 12.3. The minimum absolute atomic E-state index is 0.0760. The molecule has 0 unspecified atom stereocenters. The van der Waals surface area contributed by atoms with Crippen molar-refractivity contribution < 1.29 is 14.4 Å². The van der Waals surface area contributed by atoms with Crippen LogP contribution in [0.25, 0.3) is 10.2 Å². The summed E-state index contributed by atoms with van der Waals surface area (Å²) in [7, 11) is 0. The number of nitrogens with zero attached hydrogens (tertiary/aromatic N) is 3. The van der Waals surface area contributed by atoms with Crippen molar-refractivity contribution in [2.45, 2.75) is 30.5 Å². The first-order chi connectivity index (χ1) is 14.5. The molecule has 4 rings (SSSR count). The van der Waals surface area contributed by atoms with E-state index in [0.29, 0.717) is 27.8 Å². The zero-order valence-electron chi connectivity index (χ0n) is 16.1. The van der Waals surface area contributed by atoms with Crippen molar-refractivity contribution in [1.82, 2.24) is 19.8 Å². The van der Waals surface area contributed by atoms with Crippen molar-refractivity contribution in [3.63, 3.8) is 0 Å². The highest BCUT2D eigenvalue weighted by Gasteiger charge is 2.30. The first-order valence-electron chi connectivity index (χ1n) is 9.49. The minimum atomic E-state index is -0.281. The van der Waals surface area contributed by atoms with Gasteiger partial charge in [-0.1, -0.05) is 29.6 Å². The van der Waals surface area contributed by atoms with E-state index in [0.717, 1.165) is 35.1 Å². The molecular weight excluding hydrogens is 444 g/mol. The predicted octanol–water partition coefficient (Wildman–Crippen LogP) is 2.43. The lowest BCUT2D eigenvalue weighted by atomic mass is 10.1. The van der Waals surface area contributed by atoms with Crippen LogP contribution in [0.2, 0.25) is 0 Å². The zero-order chi connectivity index (χ0) is 21.3. The molecule has 0 atom stereocenters. The van der Waals surface area contributed by atoms with E-state index < -0.39 is 0 Å². The number of carbonyl (C=O) groups is 3. The Morgan fingerprint density at radius 2 is 2.17 bits per heavy atom. The van der Waals surface area contributed by atoms with E-state index in [2.05, 4.69) is 16.9 Å². The molecule has 8 nitrogen and oxygen atoms in total. The molecule has 0 bridgehead atoms. The smallest absolute Gasteiger partial charge is 0.288 e. The van der Waals surface area contributed by atoms with Gasteiger partial charge < -0.3 is 5.32 Å². The summed E-state index contributed by atoms with van der Waals surface area (Å²) >= 11 is 3.62. The van der Waals surface area contributed by atoms with Crippen LogP contribution in [0.4, 0.5) is 4.79 Å². The molecule has 3 amide bonds. The number of thioether (sulfide) groups is 2. The Labute approximate surface area is 185 Å². The molecular formula is C19H20N4O4S3. The number of allylic oxidation sites excluding steroid dienone is 1. The van der Waals surface area contributed by atoms with Crippen LogP contribution in [0.1, 0.15) is 24.3 Å². The van der Waals surface area contributed by atoms with Crippen molar-refractivity contribution in [2.75, 3.05) is 24.6 Å². The average Bonchev–Trinajstić information content (AvgIpc) is 3.41. The number of rotatable bonds is 9. The molecule has 30 heavy (non-hydrogen) atoms. The summed E-state index contributed by atoms with van der Waals surface area (Å²) in [6.07, 6.45) is 3.86. The Bertz CT molecular complexity index is 1070. The average molecular weight is 465 g/mol. The molecule has 1 aliphatic carbocycles. The lowest BCUT2D eigenvalue weighted by molar-refractivity contribution is -0.125. The van der Waals surface area contributed by atoms with Gasteiger partial charge >= 0.3 is 0 Å². The molecule has 2 aliphatic rings. The van der Waals surface area contributed by atoms with E-state index in [9.17, 15) is 19.2 Å². The van der Waals surface area contributed by atoms with Crippen LogP contribution in [-0.4, -0.2) is 56.1 Å². The number of thiophene rings is 1. The molecule has 2 fully saturated rings. The second-order valence-electron chi connectivity index (χ2n) is 6.98. The topological polar surface area (TPSA) is 101 Å². The molecule has 1 N–H and O–H groups in total. The maximum absolute atomic E-state index is 13.1. The van der Waals surface area contributed by atoms with E-state index in [-0.39, 0.29) is 47.2 Å². The summed E-state index contributed by atoms with van der Waals surface area (Å²) in [6, 6.07) is 0. The van der Waals surface area contributed by atoms with E-state index in [1.807, 2.05) is 5.38 Å². The number of imide groups is 1. The summed E-state index contributed by atoms with van der Waals surface area (Å²) in [6.45, 7) is 4.40. The molecule has 1 saturated carbocycles. The van der Waals surface area contributed by atoms with E-state index in [1.54, 1.807) is 10.6 Å². The van der Waals surface area contributed by atoms with Gasteiger partial charge in [-0.05, 0) is 29.7 Å². The molecule has 11 heteroatoms. The highest BCUT2D eigenvalue weighted by atomic mass is 32.2. The number of hydrogen-bond acceptors (Lipinski definition) is 8. The Morgan fingerprint density at radius 1 is 1.37 bits per heavy atom. The fraction of sp³-hybridized carbons (Fsp3) is 0.421. The Balaban J connectivity index is 1.41. The molecule has 3 heterocycles. The largest absolute Gasteiger partial charge is 0.354 e. The third-order valence-corrected chi connectivity index (χ3v) is 7.57. The molecule has 2 aromatic rings. The van der Waals surface area contributed by atoms with Crippen LogP contribution in [0.3, 0.4) is 0 Å². The third kappa shape index (κ3) is 4.33. The summed E-state index contributed by atoms with van der Waals surface area (Å²) in [5.41, 5.74) is 0.998. The molecule has 1 aliphatic heterocycles. The summed E-state index contributed by atoms with van der Waals surface area (Å²) < 4.78 is 1.56. The van der Waals surface area contributed by atoms with Gasteiger partial charge in [-0.2, -0.15) is 0 Å². The Morgan fingerprint density at radius 3 is 2.83 bits per heavy atom. The first kappa shape index (κ1) is 21.1. The summed E-state index contributed by atoms with van der Waals surface area (Å²) in [5.74, 6) is 0.203. The predicted molar refractivity (Wildman–Crippen MR) is 119 cm³/mol. The Hall–Kier alpha value is -2.11. The van der Waals surface area contributed by atoms with Crippen LogP contribution in [-0.2, 0) is 16.1 Å². The maximum Gasteiger partial charge on any atom is 0.288 e. The van der Waals surface area contributed by atoms with Crippen LogP contribution >= 0.6 is 34.9 Å². The van der Waals surface area contributed by atoms with E-state index in [1.165, 1.54) is 23.1 Å². The van der Waals surface area contributed by atoms with Gasteiger partial charge in [0, 0.05) is 19.6 Å². The number of amides is 3. The summed E-state index contributed by atoms with van der Waals surface area (Å²) in [5, 5.41) is 5.62. The number of hydrogen-bond donors (Lipinski definition) is 1. The van der Waals surface area contributed by atoms with Crippen molar-refractivity contribution in [3.8, 4) is 0 Å². The third-order valence-electron chi connectivity index (χ3n) is 4.85. The highest BCUT2D eigenvalue weighted by molar-refractivity contribution is 8.14. The van der Waals surface area contributed by atoms with Gasteiger partial charge in [-0.15, -0.1) is 17.9 Å². The number of fused-ring (bicyclic) bond motifs is 1. The fourth-order valence-corrected chi connectivity index (χ4v) is 5.86. The summed E-state index contributed by atoms with van der Waals surface area (Å²) in [4.78, 5) is 54.9. The molecule has 0 spiro atoms. The Kier molecular flexibility index (Phi) is 6.30. The molecule has 2 aromatic heterocycles. The fourth-order valence-electron chi connectivity index (χ4n) is 3.21. The van der Waals surface area contributed by atoms with Crippen molar-refractivity contribution in [1.29, 1.82) is 0 Å². The quantitative estimate of drug-likeness (QED) is 0.345. The zero-order valence-corrected chi connectivity index (χ0v) is 18.5. The number of nitrogens with one attached hydrogen (secondary N) is 1. The number of aromatic nitrogens is 2. The van der Waals surface area contributed by atoms with Crippen molar-refractivity contribution in [2.24, 2.45) is 0 Å². The molecule has 1 saturated heterocycles. The van der Waals surface area contributed by atoms with Gasteiger partial charge in [0.2, 0.25) is 11.8 Å². The standard InChI is InChI=1S/C19H20N4O4S3/c1-2-6-23-17(26)15-12(11-3-4-11)8-28-16(15)21-18(23)29-9-13(24)20-5-7-22-14(25)10-30-19(22)27/h2,8,11H,1,3-7,9-10H2,(H,20,24). The van der Waals surface area contributed by atoms with Gasteiger partial charge in [0.05, 0.1) is 16.9 Å². The van der Waals surface area contributed by atoms with Crippen LogP contribution < -0.4 is 10.9 Å². The SMILES string of the molecule is C=CCn1c(SCC(=O)NCCN2C(=O)CSC2=O)nc2scc(C3CC3)c2c1=O. The molecule has 158 valence electrons. The maximum atomic E-state index is 13.1. The second-order valence-corrected chi connectivity index (χ2v) is 9.71. The monoisotopic (exact) mass is 464 g/mol. The van der Waals surface area contributed by atoms with Crippen molar-refractivity contribution in [3.05, 3.63) is 34.0 Å². The molecule has 0 radical (unpaired) electrons. The van der Waals surface area contributed by atoms with Crippen LogP contribution in [0.15, 0.2) is 28.0 Å². The van der Waals surface area contributed by atoms with E-state index >= 15 is 0 Å². The van der Waals surface area contributed by atoms with Gasteiger partial charge in [-0.25, -0.2) is 4.98 Å². The van der Waals surface area contributed by atoms with Gasteiger partial charge in [0.25, 0.3) is 10.8 Å². The van der Waals surface area contributed by atoms with Crippen molar-refractivity contribution >= 4 is 62.1 Å². The van der Waals surface area contributed by atoms with Gasteiger partial charge in [0.1, 0.15) is 4.83 Å². The number of carbonyl (C=O) groups excluding carboxylic acids is 3. The van der Waals surface area contributed by atoms with Gasteiger partial charge in [-0.3, -0.25) is 28.6 Å². The van der Waals surface area contributed by atoms with Crippen LogP contribution in [0, 0.1) is 0 Å². The van der Waals surface area contributed by atoms with E-state index in [4.69, 9.17) is 0 Å². The highest BCUT2D eigenvalue weighted by Crippen LogP contribution is 2.44. The second kappa shape index (κ2) is 8.94. The molecule has 0 aromatic carbocycles. The minimum Gasteiger partial charge on any atom is -0.354 e. The normalized spacial score (nSPS) is 16.5. The van der Waals surface area contributed by atoms with Crippen LogP contribution in [0.5, 0.6) is 0 Å². The lowest BCUT2D eigenvalue weighted by Gasteiger charge is -2.13. The van der Waals surface area contributed by atoms with Gasteiger partial charge in [0.15, 0.2) is 5.16 Å². The lowest BCUT2D eigenvalue weighted by Crippen LogP contribution is -2.38.